The van der Waals surface area contributed by atoms with Gasteiger partial charge < -0.3 is 11.1 Å². The van der Waals surface area contributed by atoms with E-state index in [2.05, 4.69) is 5.32 Å². The Hall–Kier alpha value is -2.83. The van der Waals surface area contributed by atoms with E-state index in [1.807, 2.05) is 0 Å². The van der Waals surface area contributed by atoms with E-state index in [0.29, 0.717) is 11.3 Å². The van der Waals surface area contributed by atoms with Crippen LogP contribution in [-0.4, -0.2) is 11.8 Å². The normalized spacial score (nSPS) is 12.5. The third-order valence-electron chi connectivity index (χ3n) is 3.91. The van der Waals surface area contributed by atoms with Crippen molar-refractivity contribution < 1.29 is 22.8 Å². The summed E-state index contributed by atoms with van der Waals surface area (Å²) < 4.78 is 37.7. The number of primary amides is 1. The molecule has 0 aromatic heterocycles. The lowest BCUT2D eigenvalue weighted by atomic mass is 9.96. The van der Waals surface area contributed by atoms with Gasteiger partial charge in [0.2, 0.25) is 11.8 Å². The molecule has 0 spiro atoms. The molecule has 1 atom stereocenters. The number of carbonyl (C=O) groups is 2. The fraction of sp³-hybridized carbons (Fsp3) is 0.263. The van der Waals surface area contributed by atoms with Crippen molar-refractivity contribution in [3.8, 4) is 0 Å². The predicted molar refractivity (Wildman–Crippen MR) is 92.4 cm³/mol. The number of hydrogen-bond donors (Lipinski definition) is 2. The smallest absolute Gasteiger partial charge is 0.369 e. The van der Waals surface area contributed by atoms with Crippen LogP contribution in [0.3, 0.4) is 0 Å². The van der Waals surface area contributed by atoms with Crippen LogP contribution in [0.2, 0.25) is 0 Å². The maximum atomic E-state index is 12.6. The molecular formula is C19H19F3N2O2. The van der Waals surface area contributed by atoms with Crippen molar-refractivity contribution in [2.24, 2.45) is 5.73 Å². The molecule has 0 aliphatic rings. The predicted octanol–water partition coefficient (Wildman–Crippen LogP) is 3.87. The molecular weight excluding hydrogens is 345 g/mol. The summed E-state index contributed by atoms with van der Waals surface area (Å²) in [4.78, 5) is 23.0. The van der Waals surface area contributed by atoms with Crippen LogP contribution in [0.15, 0.2) is 48.5 Å². The number of benzene rings is 2. The van der Waals surface area contributed by atoms with E-state index >= 15 is 0 Å². The lowest BCUT2D eigenvalue weighted by molar-refractivity contribution is -0.137. The Bertz CT molecular complexity index is 769. The Labute approximate surface area is 149 Å². The number of halogens is 3. The van der Waals surface area contributed by atoms with E-state index < -0.39 is 17.6 Å². The van der Waals surface area contributed by atoms with E-state index in [1.54, 1.807) is 31.2 Å². The van der Waals surface area contributed by atoms with E-state index in [1.165, 1.54) is 12.1 Å². The number of anilines is 1. The molecule has 0 saturated carbocycles. The van der Waals surface area contributed by atoms with Gasteiger partial charge in [0.25, 0.3) is 0 Å². The van der Waals surface area contributed by atoms with Crippen molar-refractivity contribution in [1.82, 2.24) is 0 Å². The van der Waals surface area contributed by atoms with Crippen molar-refractivity contribution in [2.45, 2.75) is 31.9 Å². The summed E-state index contributed by atoms with van der Waals surface area (Å²) in [5, 5.41) is 2.72. The first-order valence-electron chi connectivity index (χ1n) is 7.99. The Morgan fingerprint density at radius 3 is 2.12 bits per heavy atom. The van der Waals surface area contributed by atoms with Gasteiger partial charge in [0, 0.05) is 12.1 Å². The fourth-order valence-electron chi connectivity index (χ4n) is 2.52. The molecule has 0 radical (unpaired) electrons. The molecule has 4 nitrogen and oxygen atoms in total. The Morgan fingerprint density at radius 2 is 1.62 bits per heavy atom. The summed E-state index contributed by atoms with van der Waals surface area (Å²) in [6.45, 7) is 1.78. The van der Waals surface area contributed by atoms with Crippen LogP contribution in [0.5, 0.6) is 0 Å². The molecule has 2 aromatic rings. The van der Waals surface area contributed by atoms with Crippen LogP contribution in [0, 0.1) is 0 Å². The average molecular weight is 364 g/mol. The van der Waals surface area contributed by atoms with Gasteiger partial charge in [-0.3, -0.25) is 9.59 Å². The second-order valence-corrected chi connectivity index (χ2v) is 6.11. The molecule has 1 unspecified atom stereocenters. The second kappa shape index (κ2) is 8.03. The molecule has 138 valence electrons. The molecule has 2 aromatic carbocycles. The minimum Gasteiger partial charge on any atom is -0.369 e. The molecule has 0 saturated heterocycles. The van der Waals surface area contributed by atoms with Crippen molar-refractivity contribution in [2.75, 3.05) is 5.32 Å². The summed E-state index contributed by atoms with van der Waals surface area (Å²) in [7, 11) is 0. The van der Waals surface area contributed by atoms with E-state index in [4.69, 9.17) is 5.73 Å². The highest BCUT2D eigenvalue weighted by molar-refractivity contribution is 5.91. The highest BCUT2D eigenvalue weighted by atomic mass is 19.4. The SMILES string of the molecule is CC(CC(=O)Nc1ccc(CC(N)=O)cc1)c1ccc(C(F)(F)F)cc1. The third kappa shape index (κ3) is 5.61. The molecule has 0 aliphatic heterocycles. The summed E-state index contributed by atoms with van der Waals surface area (Å²) in [5.41, 5.74) is 6.37. The van der Waals surface area contributed by atoms with Crippen molar-refractivity contribution in [1.29, 1.82) is 0 Å². The number of nitrogens with two attached hydrogens (primary N) is 1. The molecule has 0 bridgehead atoms. The molecule has 0 heterocycles. The number of carbonyl (C=O) groups excluding carboxylic acids is 2. The Kier molecular flexibility index (Phi) is 6.02. The van der Waals surface area contributed by atoms with Gasteiger partial charge in [0.15, 0.2) is 0 Å². The number of nitrogens with one attached hydrogen (secondary N) is 1. The lowest BCUT2D eigenvalue weighted by Crippen LogP contribution is -2.15. The summed E-state index contributed by atoms with van der Waals surface area (Å²) in [6.07, 6.45) is -4.12. The van der Waals surface area contributed by atoms with E-state index in [0.717, 1.165) is 17.7 Å². The zero-order chi connectivity index (χ0) is 19.3. The first kappa shape index (κ1) is 19.5. The fourth-order valence-corrected chi connectivity index (χ4v) is 2.52. The number of alkyl halides is 3. The molecule has 26 heavy (non-hydrogen) atoms. The third-order valence-corrected chi connectivity index (χ3v) is 3.91. The van der Waals surface area contributed by atoms with Crippen LogP contribution in [0.25, 0.3) is 0 Å². The Balaban J connectivity index is 1.93. The van der Waals surface area contributed by atoms with Crippen LogP contribution < -0.4 is 11.1 Å². The molecule has 0 aliphatic carbocycles. The van der Waals surface area contributed by atoms with Gasteiger partial charge in [-0.15, -0.1) is 0 Å². The van der Waals surface area contributed by atoms with Crippen molar-refractivity contribution >= 4 is 17.5 Å². The molecule has 2 rings (SSSR count). The topological polar surface area (TPSA) is 72.2 Å². The average Bonchev–Trinajstić information content (AvgIpc) is 2.55. The summed E-state index contributed by atoms with van der Waals surface area (Å²) in [6, 6.07) is 11.5. The van der Waals surface area contributed by atoms with Gasteiger partial charge in [-0.2, -0.15) is 13.2 Å². The van der Waals surface area contributed by atoms with E-state index in [9.17, 15) is 22.8 Å². The lowest BCUT2D eigenvalue weighted by Gasteiger charge is -2.14. The molecule has 3 N–H and O–H groups in total. The van der Waals surface area contributed by atoms with Gasteiger partial charge in [-0.25, -0.2) is 0 Å². The van der Waals surface area contributed by atoms with Crippen LogP contribution >= 0.6 is 0 Å². The highest BCUT2D eigenvalue weighted by Gasteiger charge is 2.30. The van der Waals surface area contributed by atoms with Crippen molar-refractivity contribution in [3.05, 3.63) is 65.2 Å². The van der Waals surface area contributed by atoms with Gasteiger partial charge in [0.05, 0.1) is 12.0 Å². The standard InChI is InChI=1S/C19H19F3N2O2/c1-12(14-4-6-15(7-5-14)19(20,21)22)10-18(26)24-16-8-2-13(3-9-16)11-17(23)25/h2-9,12H,10-11H2,1H3,(H2,23,25)(H,24,26). The highest BCUT2D eigenvalue weighted by Crippen LogP contribution is 2.30. The number of hydrogen-bond acceptors (Lipinski definition) is 2. The minimum atomic E-state index is -4.38. The quantitative estimate of drug-likeness (QED) is 0.817. The summed E-state index contributed by atoms with van der Waals surface area (Å²) >= 11 is 0. The molecule has 7 heteroatoms. The molecule has 0 fully saturated rings. The Morgan fingerprint density at radius 1 is 1.04 bits per heavy atom. The second-order valence-electron chi connectivity index (χ2n) is 6.11. The number of rotatable bonds is 6. The zero-order valence-electron chi connectivity index (χ0n) is 14.1. The van der Waals surface area contributed by atoms with Gasteiger partial charge in [0.1, 0.15) is 0 Å². The number of amides is 2. The van der Waals surface area contributed by atoms with Gasteiger partial charge >= 0.3 is 6.18 Å². The molecule has 2 amide bonds. The van der Waals surface area contributed by atoms with Crippen molar-refractivity contribution in [3.63, 3.8) is 0 Å². The first-order chi connectivity index (χ1) is 12.1. The van der Waals surface area contributed by atoms with Crippen LogP contribution in [0.1, 0.15) is 36.0 Å². The monoisotopic (exact) mass is 364 g/mol. The van der Waals surface area contributed by atoms with Gasteiger partial charge in [-0.05, 0) is 41.3 Å². The summed E-state index contributed by atoms with van der Waals surface area (Å²) in [5.74, 6) is -0.918. The minimum absolute atomic E-state index is 0.124. The zero-order valence-corrected chi connectivity index (χ0v) is 14.1. The maximum Gasteiger partial charge on any atom is 0.416 e. The van der Waals surface area contributed by atoms with E-state index in [-0.39, 0.29) is 24.7 Å². The largest absolute Gasteiger partial charge is 0.416 e. The maximum absolute atomic E-state index is 12.6. The van der Waals surface area contributed by atoms with Crippen LogP contribution in [0.4, 0.5) is 18.9 Å². The van der Waals surface area contributed by atoms with Gasteiger partial charge in [-0.1, -0.05) is 31.2 Å². The first-order valence-corrected chi connectivity index (χ1v) is 7.99. The van der Waals surface area contributed by atoms with Crippen LogP contribution in [-0.2, 0) is 22.2 Å².